The Morgan fingerprint density at radius 3 is 2.23 bits per heavy atom. The van der Waals surface area contributed by atoms with E-state index in [1.54, 1.807) is 0 Å². The lowest BCUT2D eigenvalue weighted by atomic mass is 9.48. The van der Waals surface area contributed by atoms with Crippen LogP contribution in [-0.2, 0) is 19.1 Å². The Balaban J connectivity index is 1.25. The average molecular weight is 485 g/mol. The number of hydrogen-bond donors (Lipinski definition) is 0. The highest BCUT2D eigenvalue weighted by molar-refractivity contribution is 5.96. The summed E-state index contributed by atoms with van der Waals surface area (Å²) in [5.41, 5.74) is 0.912. The first-order valence-electron chi connectivity index (χ1n) is 14.8. The lowest BCUT2D eigenvalue weighted by Crippen LogP contribution is -2.53. The molecule has 4 aliphatic carbocycles. The molecule has 4 heteroatoms. The molecule has 0 bridgehead atoms. The third-order valence-corrected chi connectivity index (χ3v) is 10.4. The predicted octanol–water partition coefficient (Wildman–Crippen LogP) is 7.53. The molecule has 3 fully saturated rings. The van der Waals surface area contributed by atoms with Crippen LogP contribution in [-0.4, -0.2) is 23.6 Å². The van der Waals surface area contributed by atoms with E-state index in [-0.39, 0.29) is 40.5 Å². The maximum absolute atomic E-state index is 13.4. The molecule has 3 unspecified atom stereocenters. The van der Waals surface area contributed by atoms with Gasteiger partial charge in [-0.2, -0.15) is 0 Å². The topological polar surface area (TPSA) is 60.4 Å². The van der Waals surface area contributed by atoms with Gasteiger partial charge < -0.3 is 4.74 Å². The zero-order valence-electron chi connectivity index (χ0n) is 22.5. The molecule has 0 heterocycles. The monoisotopic (exact) mass is 484 g/mol. The number of ether oxygens (including phenoxy) is 1. The predicted molar refractivity (Wildman–Crippen MR) is 139 cm³/mol. The second-order valence-corrected chi connectivity index (χ2v) is 12.6. The van der Waals surface area contributed by atoms with Gasteiger partial charge in [-0.25, -0.2) is 0 Å². The molecule has 196 valence electrons. The van der Waals surface area contributed by atoms with Gasteiger partial charge in [-0.15, -0.1) is 0 Å². The second-order valence-electron chi connectivity index (χ2n) is 12.6. The molecule has 4 nitrogen and oxygen atoms in total. The Kier molecular flexibility index (Phi) is 8.59. The van der Waals surface area contributed by atoms with E-state index in [4.69, 9.17) is 4.74 Å². The van der Waals surface area contributed by atoms with Crippen molar-refractivity contribution in [3.8, 4) is 0 Å². The molecule has 0 spiro atoms. The van der Waals surface area contributed by atoms with Crippen molar-refractivity contribution in [2.75, 3.05) is 0 Å². The Bertz CT molecular complexity index is 828. The second kappa shape index (κ2) is 11.3. The zero-order valence-corrected chi connectivity index (χ0v) is 22.5. The van der Waals surface area contributed by atoms with Gasteiger partial charge in [-0.05, 0) is 61.9 Å². The first-order chi connectivity index (χ1) is 16.8. The number of carbonyl (C=O) groups is 3. The van der Waals surface area contributed by atoms with Gasteiger partial charge in [-0.1, -0.05) is 77.7 Å². The number of unbranched alkanes of at least 4 members (excludes halogenated alkanes) is 8. The Morgan fingerprint density at radius 2 is 1.51 bits per heavy atom. The summed E-state index contributed by atoms with van der Waals surface area (Å²) in [6.45, 7) is 6.70. The maximum atomic E-state index is 13.4. The molecule has 0 saturated heterocycles. The van der Waals surface area contributed by atoms with Crippen molar-refractivity contribution < 1.29 is 19.1 Å². The van der Waals surface area contributed by atoms with Crippen LogP contribution in [0.25, 0.3) is 0 Å². The summed E-state index contributed by atoms with van der Waals surface area (Å²) in [6, 6.07) is 0. The summed E-state index contributed by atoms with van der Waals surface area (Å²) in [7, 11) is 0. The smallest absolute Gasteiger partial charge is 0.306 e. The highest BCUT2D eigenvalue weighted by atomic mass is 16.5. The number of esters is 1. The Labute approximate surface area is 213 Å². The summed E-state index contributed by atoms with van der Waals surface area (Å²) in [6.07, 6.45) is 19.5. The van der Waals surface area contributed by atoms with E-state index < -0.39 is 0 Å². The van der Waals surface area contributed by atoms with Gasteiger partial charge in [0.15, 0.2) is 5.78 Å². The minimum atomic E-state index is -0.291. The van der Waals surface area contributed by atoms with Crippen molar-refractivity contribution in [2.45, 2.75) is 136 Å². The molecular weight excluding hydrogens is 436 g/mol. The number of Topliss-reactive ketones (excluding diaryl/α,β-unsaturated/α-hetero) is 1. The van der Waals surface area contributed by atoms with Crippen molar-refractivity contribution in [3.05, 3.63) is 11.6 Å². The van der Waals surface area contributed by atoms with Gasteiger partial charge in [-0.3, -0.25) is 14.4 Å². The molecule has 0 radical (unpaired) electrons. The average Bonchev–Trinajstić information content (AvgIpc) is 3.13. The maximum Gasteiger partial charge on any atom is 0.306 e. The van der Waals surface area contributed by atoms with Gasteiger partial charge in [0.2, 0.25) is 0 Å². The molecule has 3 saturated carbocycles. The van der Waals surface area contributed by atoms with E-state index in [1.165, 1.54) is 50.5 Å². The first-order valence-corrected chi connectivity index (χ1v) is 14.8. The van der Waals surface area contributed by atoms with Crippen molar-refractivity contribution in [1.29, 1.82) is 0 Å². The number of rotatable bonds is 11. The number of carbonyl (C=O) groups excluding carboxylic acids is 3. The molecule has 0 aromatic rings. The quantitative estimate of drug-likeness (QED) is 0.225. The largest absolute Gasteiger partial charge is 0.462 e. The Morgan fingerprint density at radius 1 is 0.886 bits per heavy atom. The van der Waals surface area contributed by atoms with Gasteiger partial charge >= 0.3 is 5.97 Å². The van der Waals surface area contributed by atoms with Gasteiger partial charge in [0.05, 0.1) is 0 Å². The SMILES string of the molecule is CCCCCCCCCCCC(=O)O[C@H]1CC[C@@]2(C)C(=CC(=O)C3C2CC[C@]2(C)C(=O)CCC32)C1. The molecule has 6 atom stereocenters. The third-order valence-electron chi connectivity index (χ3n) is 10.4. The summed E-state index contributed by atoms with van der Waals surface area (Å²) < 4.78 is 5.89. The normalized spacial score (nSPS) is 36.3. The number of hydrogen-bond acceptors (Lipinski definition) is 4. The summed E-state index contributed by atoms with van der Waals surface area (Å²) in [5, 5.41) is 0. The highest BCUT2D eigenvalue weighted by Crippen LogP contribution is 2.63. The van der Waals surface area contributed by atoms with Crippen LogP contribution in [0.15, 0.2) is 11.6 Å². The van der Waals surface area contributed by atoms with Crippen LogP contribution in [0.4, 0.5) is 0 Å². The van der Waals surface area contributed by atoms with E-state index in [2.05, 4.69) is 20.8 Å². The minimum Gasteiger partial charge on any atom is -0.462 e. The van der Waals surface area contributed by atoms with Crippen LogP contribution in [0.1, 0.15) is 130 Å². The molecule has 4 rings (SSSR count). The van der Waals surface area contributed by atoms with E-state index in [0.717, 1.165) is 44.9 Å². The van der Waals surface area contributed by atoms with Crippen molar-refractivity contribution in [1.82, 2.24) is 0 Å². The molecule has 0 aliphatic heterocycles. The number of allylic oxidation sites excluding steroid dienone is 1. The lowest BCUT2D eigenvalue weighted by molar-refractivity contribution is -0.152. The van der Waals surface area contributed by atoms with E-state index >= 15 is 0 Å². The molecule has 4 aliphatic rings. The molecule has 0 aromatic carbocycles. The van der Waals surface area contributed by atoms with Crippen LogP contribution < -0.4 is 0 Å². The van der Waals surface area contributed by atoms with E-state index in [1.807, 2.05) is 6.08 Å². The fourth-order valence-corrected chi connectivity index (χ4v) is 8.07. The fourth-order valence-electron chi connectivity index (χ4n) is 8.07. The van der Waals surface area contributed by atoms with Crippen LogP contribution in [0.2, 0.25) is 0 Å². The zero-order chi connectivity index (χ0) is 25.1. The Hall–Kier alpha value is -1.45. The summed E-state index contributed by atoms with van der Waals surface area (Å²) >= 11 is 0. The van der Waals surface area contributed by atoms with Crippen LogP contribution in [0, 0.1) is 28.6 Å². The highest BCUT2D eigenvalue weighted by Gasteiger charge is 2.61. The molecule has 0 N–H and O–H groups in total. The first kappa shape index (κ1) is 26.6. The minimum absolute atomic E-state index is 0.000282. The van der Waals surface area contributed by atoms with Gasteiger partial charge in [0.25, 0.3) is 0 Å². The van der Waals surface area contributed by atoms with Crippen LogP contribution in [0.3, 0.4) is 0 Å². The van der Waals surface area contributed by atoms with E-state index in [9.17, 15) is 14.4 Å². The summed E-state index contributed by atoms with van der Waals surface area (Å²) in [4.78, 5) is 38.5. The third kappa shape index (κ3) is 5.47. The lowest BCUT2D eigenvalue weighted by Gasteiger charge is -2.56. The van der Waals surface area contributed by atoms with Crippen molar-refractivity contribution in [2.24, 2.45) is 28.6 Å². The summed E-state index contributed by atoms with van der Waals surface area (Å²) in [5.74, 6) is 1.08. The van der Waals surface area contributed by atoms with Gasteiger partial charge in [0, 0.05) is 30.6 Å². The van der Waals surface area contributed by atoms with Crippen LogP contribution >= 0.6 is 0 Å². The van der Waals surface area contributed by atoms with Crippen molar-refractivity contribution >= 4 is 17.5 Å². The molecule has 35 heavy (non-hydrogen) atoms. The van der Waals surface area contributed by atoms with Crippen LogP contribution in [0.5, 0.6) is 0 Å². The molecular formula is C31H48O4. The standard InChI is InChI=1S/C31H48O4/c1-4-5-6-7-8-9-10-11-12-13-28(34)35-23-16-18-30(2)22(20-23)21-26(32)29-24-14-15-27(33)31(24,3)19-17-25(29)30/h21,23-25,29H,4-20H2,1-3H3/t23-,24?,25?,29?,30-,31-/m0/s1. The molecule has 0 amide bonds. The van der Waals surface area contributed by atoms with E-state index in [0.29, 0.717) is 31.0 Å². The van der Waals surface area contributed by atoms with Gasteiger partial charge in [0.1, 0.15) is 11.9 Å². The molecule has 0 aromatic heterocycles. The van der Waals surface area contributed by atoms with Crippen molar-refractivity contribution in [3.63, 3.8) is 0 Å². The number of ketones is 2. The fraction of sp³-hybridized carbons (Fsp3) is 0.839. The number of fused-ring (bicyclic) bond motifs is 5.